The highest BCUT2D eigenvalue weighted by molar-refractivity contribution is 7.99. The summed E-state index contributed by atoms with van der Waals surface area (Å²) in [6, 6.07) is 16.4. The van der Waals surface area contributed by atoms with E-state index >= 15 is 0 Å². The second-order valence-corrected chi connectivity index (χ2v) is 6.24. The number of carbonyl (C=O) groups is 1. The third-order valence-electron chi connectivity index (χ3n) is 3.56. The highest BCUT2D eigenvalue weighted by atomic mass is 32.2. The molecule has 1 heterocycles. The number of nitrogens with one attached hydrogen (secondary N) is 1. The lowest BCUT2D eigenvalue weighted by Gasteiger charge is -2.10. The van der Waals surface area contributed by atoms with Crippen LogP contribution >= 0.6 is 11.8 Å². The molecule has 6 nitrogen and oxygen atoms in total. The number of aromatic nitrogens is 2. The standard InChI is InChI=1S/C19H17N3O3S/c1-25-16-10-6-5-9-15(16)21-17(23)13-26-18-19(24)22(12-11-20-18)14-7-3-2-4-8-14/h2-12H,13H2,1H3,(H,21,23). The Morgan fingerprint density at radius 2 is 1.88 bits per heavy atom. The molecule has 0 aliphatic carbocycles. The number of nitrogens with zero attached hydrogens (tertiary/aromatic N) is 2. The summed E-state index contributed by atoms with van der Waals surface area (Å²) in [5.41, 5.74) is 1.08. The topological polar surface area (TPSA) is 73.2 Å². The Labute approximate surface area is 154 Å². The summed E-state index contributed by atoms with van der Waals surface area (Å²) < 4.78 is 6.71. The Morgan fingerprint density at radius 3 is 2.65 bits per heavy atom. The smallest absolute Gasteiger partial charge is 0.287 e. The lowest BCUT2D eigenvalue weighted by Crippen LogP contribution is -2.22. The zero-order chi connectivity index (χ0) is 18.4. The van der Waals surface area contributed by atoms with Crippen molar-refractivity contribution in [2.24, 2.45) is 0 Å². The van der Waals surface area contributed by atoms with E-state index < -0.39 is 0 Å². The number of benzene rings is 2. The molecule has 3 aromatic rings. The first kappa shape index (κ1) is 17.8. The van der Waals surface area contributed by atoms with Gasteiger partial charge in [0.25, 0.3) is 5.56 Å². The maximum Gasteiger partial charge on any atom is 0.287 e. The molecule has 0 radical (unpaired) electrons. The van der Waals surface area contributed by atoms with E-state index in [1.165, 1.54) is 4.57 Å². The van der Waals surface area contributed by atoms with Crippen molar-refractivity contribution in [1.82, 2.24) is 9.55 Å². The van der Waals surface area contributed by atoms with E-state index in [4.69, 9.17) is 4.74 Å². The van der Waals surface area contributed by atoms with Gasteiger partial charge in [0.05, 0.1) is 18.6 Å². The summed E-state index contributed by atoms with van der Waals surface area (Å²) in [5.74, 6) is 0.407. The Hall–Kier alpha value is -3.06. The van der Waals surface area contributed by atoms with Gasteiger partial charge in [-0.3, -0.25) is 14.2 Å². The van der Waals surface area contributed by atoms with Gasteiger partial charge >= 0.3 is 0 Å². The van der Waals surface area contributed by atoms with Crippen LogP contribution in [0, 0.1) is 0 Å². The molecule has 1 N–H and O–H groups in total. The zero-order valence-electron chi connectivity index (χ0n) is 14.1. The summed E-state index contributed by atoms with van der Waals surface area (Å²) in [5, 5.41) is 3.05. The summed E-state index contributed by atoms with van der Waals surface area (Å²) >= 11 is 1.10. The van der Waals surface area contributed by atoms with Crippen LogP contribution in [0.15, 0.2) is 76.8 Å². The summed E-state index contributed by atoms with van der Waals surface area (Å²) in [6.45, 7) is 0. The molecule has 0 saturated carbocycles. The lowest BCUT2D eigenvalue weighted by molar-refractivity contribution is -0.113. The Morgan fingerprint density at radius 1 is 1.15 bits per heavy atom. The van der Waals surface area contributed by atoms with Crippen LogP contribution in [0.1, 0.15) is 0 Å². The van der Waals surface area contributed by atoms with E-state index in [1.54, 1.807) is 31.6 Å². The molecule has 0 saturated heterocycles. The van der Waals surface area contributed by atoms with Crippen molar-refractivity contribution in [2.45, 2.75) is 5.03 Å². The fraction of sp³-hybridized carbons (Fsp3) is 0.105. The van der Waals surface area contributed by atoms with E-state index in [-0.39, 0.29) is 22.2 Å². The average Bonchev–Trinajstić information content (AvgIpc) is 2.68. The van der Waals surface area contributed by atoms with E-state index in [1.807, 2.05) is 42.5 Å². The minimum atomic E-state index is -0.256. The van der Waals surface area contributed by atoms with E-state index in [2.05, 4.69) is 10.3 Å². The van der Waals surface area contributed by atoms with Crippen LogP contribution in [-0.4, -0.2) is 28.3 Å². The molecular formula is C19H17N3O3S. The molecule has 132 valence electrons. The van der Waals surface area contributed by atoms with Gasteiger partial charge in [-0.05, 0) is 24.3 Å². The first-order chi connectivity index (χ1) is 12.7. The third kappa shape index (κ3) is 4.12. The number of ether oxygens (including phenoxy) is 1. The number of rotatable bonds is 6. The molecule has 0 fully saturated rings. The highest BCUT2D eigenvalue weighted by Crippen LogP contribution is 2.23. The fourth-order valence-corrected chi connectivity index (χ4v) is 3.05. The largest absolute Gasteiger partial charge is 0.495 e. The molecule has 0 spiro atoms. The van der Waals surface area contributed by atoms with Crippen LogP contribution in [0.4, 0.5) is 5.69 Å². The van der Waals surface area contributed by atoms with Crippen molar-refractivity contribution in [3.63, 3.8) is 0 Å². The van der Waals surface area contributed by atoms with Gasteiger partial charge in [-0.25, -0.2) is 4.98 Å². The van der Waals surface area contributed by atoms with Crippen LogP contribution < -0.4 is 15.6 Å². The van der Waals surface area contributed by atoms with Crippen LogP contribution in [-0.2, 0) is 4.79 Å². The van der Waals surface area contributed by atoms with Crippen molar-refractivity contribution < 1.29 is 9.53 Å². The molecule has 26 heavy (non-hydrogen) atoms. The van der Waals surface area contributed by atoms with Crippen molar-refractivity contribution in [3.8, 4) is 11.4 Å². The van der Waals surface area contributed by atoms with Gasteiger partial charge in [-0.2, -0.15) is 0 Å². The normalized spacial score (nSPS) is 10.3. The minimum absolute atomic E-state index is 0.0685. The van der Waals surface area contributed by atoms with Crippen LogP contribution in [0.5, 0.6) is 5.75 Å². The first-order valence-electron chi connectivity index (χ1n) is 7.88. The number of hydrogen-bond donors (Lipinski definition) is 1. The number of hydrogen-bond acceptors (Lipinski definition) is 5. The van der Waals surface area contributed by atoms with E-state index in [0.29, 0.717) is 11.4 Å². The van der Waals surface area contributed by atoms with Gasteiger partial charge in [0, 0.05) is 18.1 Å². The molecule has 0 aliphatic heterocycles. The van der Waals surface area contributed by atoms with Crippen LogP contribution in [0.3, 0.4) is 0 Å². The second kappa shape index (κ2) is 8.35. The molecule has 0 bridgehead atoms. The summed E-state index contributed by atoms with van der Waals surface area (Å²) in [6.07, 6.45) is 3.16. The van der Waals surface area contributed by atoms with Crippen LogP contribution in [0.25, 0.3) is 5.69 Å². The van der Waals surface area contributed by atoms with E-state index in [9.17, 15) is 9.59 Å². The summed E-state index contributed by atoms with van der Waals surface area (Å²) in [7, 11) is 1.54. The fourth-order valence-electron chi connectivity index (χ4n) is 2.35. The molecule has 0 unspecified atom stereocenters. The molecular weight excluding hydrogens is 350 g/mol. The zero-order valence-corrected chi connectivity index (χ0v) is 14.9. The Bertz CT molecular complexity index is 957. The monoisotopic (exact) mass is 367 g/mol. The average molecular weight is 367 g/mol. The third-order valence-corrected chi connectivity index (χ3v) is 4.52. The highest BCUT2D eigenvalue weighted by Gasteiger charge is 2.11. The van der Waals surface area contributed by atoms with Gasteiger partial charge in [0.15, 0.2) is 5.03 Å². The van der Waals surface area contributed by atoms with Gasteiger partial charge < -0.3 is 10.1 Å². The maximum atomic E-state index is 12.6. The van der Waals surface area contributed by atoms with Crippen molar-refractivity contribution in [1.29, 1.82) is 0 Å². The SMILES string of the molecule is COc1ccccc1NC(=O)CSc1nccn(-c2ccccc2)c1=O. The molecule has 7 heteroatoms. The van der Waals surface area contributed by atoms with Crippen molar-refractivity contribution in [3.05, 3.63) is 77.3 Å². The van der Waals surface area contributed by atoms with Gasteiger partial charge in [0.1, 0.15) is 5.75 Å². The predicted molar refractivity (Wildman–Crippen MR) is 102 cm³/mol. The van der Waals surface area contributed by atoms with Crippen LogP contribution in [0.2, 0.25) is 0 Å². The molecule has 1 aromatic heterocycles. The Balaban J connectivity index is 1.70. The number of para-hydroxylation sites is 3. The molecule has 3 rings (SSSR count). The second-order valence-electron chi connectivity index (χ2n) is 5.28. The maximum absolute atomic E-state index is 12.6. The number of thioether (sulfide) groups is 1. The van der Waals surface area contributed by atoms with Gasteiger partial charge in [-0.1, -0.05) is 42.1 Å². The minimum Gasteiger partial charge on any atom is -0.495 e. The number of amides is 1. The first-order valence-corrected chi connectivity index (χ1v) is 8.86. The number of methoxy groups -OCH3 is 1. The molecule has 1 amide bonds. The van der Waals surface area contributed by atoms with Crippen molar-refractivity contribution in [2.75, 3.05) is 18.2 Å². The Kier molecular flexibility index (Phi) is 5.70. The lowest BCUT2D eigenvalue weighted by atomic mass is 10.3. The van der Waals surface area contributed by atoms with Crippen molar-refractivity contribution >= 4 is 23.4 Å². The molecule has 0 aliphatic rings. The molecule has 2 aromatic carbocycles. The van der Waals surface area contributed by atoms with Gasteiger partial charge in [0.2, 0.25) is 5.91 Å². The summed E-state index contributed by atoms with van der Waals surface area (Å²) in [4.78, 5) is 28.9. The predicted octanol–water partition coefficient (Wildman–Crippen LogP) is 2.97. The number of carbonyl (C=O) groups excluding carboxylic acids is 1. The number of anilines is 1. The van der Waals surface area contributed by atoms with E-state index in [0.717, 1.165) is 17.4 Å². The quantitative estimate of drug-likeness (QED) is 0.678. The molecule has 0 atom stereocenters. The van der Waals surface area contributed by atoms with Gasteiger partial charge in [-0.15, -0.1) is 0 Å².